The molecule has 1 amide bonds. The molecule has 0 radical (unpaired) electrons. The van der Waals surface area contributed by atoms with Gasteiger partial charge in [0.15, 0.2) is 0 Å². The van der Waals surface area contributed by atoms with Gasteiger partial charge in [0.1, 0.15) is 5.41 Å². The predicted octanol–water partition coefficient (Wildman–Crippen LogP) is 2.49. The van der Waals surface area contributed by atoms with Crippen molar-refractivity contribution in [1.82, 2.24) is 4.90 Å². The molecule has 20 heavy (non-hydrogen) atoms. The lowest BCUT2D eigenvalue weighted by Crippen LogP contribution is -2.55. The highest BCUT2D eigenvalue weighted by atomic mass is 16.5. The predicted molar refractivity (Wildman–Crippen MR) is 74.8 cm³/mol. The maximum atomic E-state index is 13.0. The number of rotatable bonds is 1. The number of piperidine rings is 1. The molecular weight excluding hydrogens is 252 g/mol. The first kappa shape index (κ1) is 13.9. The Labute approximate surface area is 121 Å². The molecule has 3 aliphatic rings. The molecule has 3 rings (SSSR count). The second-order valence-corrected chi connectivity index (χ2v) is 6.56. The molecule has 3 fully saturated rings. The van der Waals surface area contributed by atoms with Crippen molar-refractivity contribution < 1.29 is 9.53 Å². The van der Waals surface area contributed by atoms with E-state index in [1.54, 1.807) is 0 Å². The van der Waals surface area contributed by atoms with Crippen LogP contribution in [-0.2, 0) is 9.53 Å². The molecule has 0 aromatic heterocycles. The van der Waals surface area contributed by atoms with Gasteiger partial charge in [-0.15, -0.1) is 0 Å². The highest BCUT2D eigenvalue weighted by Gasteiger charge is 2.46. The molecule has 1 aliphatic carbocycles. The van der Waals surface area contributed by atoms with E-state index < -0.39 is 5.41 Å². The average molecular weight is 276 g/mol. The van der Waals surface area contributed by atoms with E-state index in [0.29, 0.717) is 38.0 Å². The SMILES string of the molecule is N#CC1(C(=O)N2CCCC3CCCCC32)CCOCC1. The summed E-state index contributed by atoms with van der Waals surface area (Å²) in [5.41, 5.74) is -0.808. The molecule has 2 aliphatic heterocycles. The number of amides is 1. The van der Waals surface area contributed by atoms with Crippen LogP contribution in [-0.4, -0.2) is 36.6 Å². The van der Waals surface area contributed by atoms with Crippen molar-refractivity contribution in [2.75, 3.05) is 19.8 Å². The third-order valence-electron chi connectivity index (χ3n) is 5.47. The third-order valence-corrected chi connectivity index (χ3v) is 5.47. The Hall–Kier alpha value is -1.08. The van der Waals surface area contributed by atoms with Crippen LogP contribution in [0.1, 0.15) is 51.4 Å². The van der Waals surface area contributed by atoms with Crippen LogP contribution < -0.4 is 0 Å². The van der Waals surface area contributed by atoms with Gasteiger partial charge in [-0.25, -0.2) is 0 Å². The van der Waals surface area contributed by atoms with Crippen molar-refractivity contribution in [2.45, 2.75) is 57.4 Å². The van der Waals surface area contributed by atoms with E-state index in [-0.39, 0.29) is 5.91 Å². The second-order valence-electron chi connectivity index (χ2n) is 6.56. The lowest BCUT2D eigenvalue weighted by molar-refractivity contribution is -0.150. The van der Waals surface area contributed by atoms with Gasteiger partial charge in [-0.05, 0) is 44.4 Å². The van der Waals surface area contributed by atoms with Gasteiger partial charge >= 0.3 is 0 Å². The number of carbonyl (C=O) groups excluding carboxylic acids is 1. The molecule has 0 aromatic rings. The second kappa shape index (κ2) is 5.73. The number of hydrogen-bond acceptors (Lipinski definition) is 3. The molecule has 0 aromatic carbocycles. The van der Waals surface area contributed by atoms with Crippen LogP contribution in [0.5, 0.6) is 0 Å². The summed E-state index contributed by atoms with van der Waals surface area (Å²) in [4.78, 5) is 15.1. The Kier molecular flexibility index (Phi) is 3.98. The molecular formula is C16H24N2O2. The minimum Gasteiger partial charge on any atom is -0.381 e. The molecule has 2 heterocycles. The van der Waals surface area contributed by atoms with Crippen molar-refractivity contribution in [3.63, 3.8) is 0 Å². The monoisotopic (exact) mass is 276 g/mol. The van der Waals surface area contributed by atoms with Crippen LogP contribution >= 0.6 is 0 Å². The molecule has 110 valence electrons. The zero-order chi connectivity index (χ0) is 14.0. The van der Waals surface area contributed by atoms with Crippen molar-refractivity contribution >= 4 is 5.91 Å². The van der Waals surface area contributed by atoms with Gasteiger partial charge in [0.25, 0.3) is 0 Å². The highest BCUT2D eigenvalue weighted by Crippen LogP contribution is 2.39. The smallest absolute Gasteiger partial charge is 0.243 e. The van der Waals surface area contributed by atoms with Crippen LogP contribution in [0, 0.1) is 22.7 Å². The largest absolute Gasteiger partial charge is 0.381 e. The van der Waals surface area contributed by atoms with E-state index >= 15 is 0 Å². The molecule has 0 spiro atoms. The molecule has 0 N–H and O–H groups in total. The number of carbonyl (C=O) groups is 1. The van der Waals surface area contributed by atoms with Crippen molar-refractivity contribution in [1.29, 1.82) is 5.26 Å². The number of nitriles is 1. The summed E-state index contributed by atoms with van der Waals surface area (Å²) in [6.07, 6.45) is 8.42. The fourth-order valence-electron chi connectivity index (χ4n) is 4.25. The average Bonchev–Trinajstić information content (AvgIpc) is 2.54. The van der Waals surface area contributed by atoms with Crippen LogP contribution in [0.2, 0.25) is 0 Å². The zero-order valence-corrected chi connectivity index (χ0v) is 12.1. The van der Waals surface area contributed by atoms with Gasteiger partial charge in [-0.2, -0.15) is 5.26 Å². The maximum Gasteiger partial charge on any atom is 0.243 e. The van der Waals surface area contributed by atoms with Crippen LogP contribution in [0.4, 0.5) is 0 Å². The van der Waals surface area contributed by atoms with Gasteiger partial charge in [0.05, 0.1) is 6.07 Å². The molecule has 0 bridgehead atoms. The number of ether oxygens (including phenoxy) is 1. The van der Waals surface area contributed by atoms with Gasteiger partial charge in [-0.3, -0.25) is 4.79 Å². The van der Waals surface area contributed by atoms with E-state index in [9.17, 15) is 10.1 Å². The standard InChI is InChI=1S/C16H24N2O2/c17-12-16(7-10-20-11-8-16)15(19)18-9-3-5-13-4-1-2-6-14(13)18/h13-14H,1-11H2. The van der Waals surface area contributed by atoms with Crippen molar-refractivity contribution in [2.24, 2.45) is 11.3 Å². The summed E-state index contributed by atoms with van der Waals surface area (Å²) in [6, 6.07) is 2.74. The highest BCUT2D eigenvalue weighted by molar-refractivity contribution is 5.86. The lowest BCUT2D eigenvalue weighted by Gasteiger charge is -2.47. The van der Waals surface area contributed by atoms with Crippen molar-refractivity contribution in [3.05, 3.63) is 0 Å². The molecule has 4 heteroatoms. The summed E-state index contributed by atoms with van der Waals surface area (Å²) >= 11 is 0. The van der Waals surface area contributed by atoms with Crippen LogP contribution in [0.15, 0.2) is 0 Å². The minimum absolute atomic E-state index is 0.0971. The molecule has 2 unspecified atom stereocenters. The number of hydrogen-bond donors (Lipinski definition) is 0. The quantitative estimate of drug-likeness (QED) is 0.739. The van der Waals surface area contributed by atoms with E-state index in [1.807, 2.05) is 0 Å². The van der Waals surface area contributed by atoms with Crippen LogP contribution in [0.3, 0.4) is 0 Å². The summed E-state index contributed by atoms with van der Waals surface area (Å²) in [7, 11) is 0. The molecule has 2 saturated heterocycles. The Morgan fingerprint density at radius 1 is 1.15 bits per heavy atom. The van der Waals surface area contributed by atoms with Gasteiger partial charge in [0.2, 0.25) is 5.91 Å². The first-order valence-electron chi connectivity index (χ1n) is 8.07. The third kappa shape index (κ3) is 2.33. The Bertz CT molecular complexity index is 407. The topological polar surface area (TPSA) is 53.3 Å². The van der Waals surface area contributed by atoms with Crippen LogP contribution in [0.25, 0.3) is 0 Å². The minimum atomic E-state index is -0.808. The number of fused-ring (bicyclic) bond motifs is 1. The maximum absolute atomic E-state index is 13.0. The van der Waals surface area contributed by atoms with Gasteiger partial charge < -0.3 is 9.64 Å². The number of nitrogens with zero attached hydrogens (tertiary/aromatic N) is 2. The molecule has 1 saturated carbocycles. The van der Waals surface area contributed by atoms with E-state index in [4.69, 9.17) is 4.74 Å². The normalized spacial score (nSPS) is 33.0. The Balaban J connectivity index is 1.79. The molecule has 4 nitrogen and oxygen atoms in total. The van der Waals surface area contributed by atoms with Gasteiger partial charge in [-0.1, -0.05) is 12.8 Å². The summed E-state index contributed by atoms with van der Waals surface area (Å²) in [5, 5.41) is 9.59. The van der Waals surface area contributed by atoms with Gasteiger partial charge in [0, 0.05) is 25.8 Å². The fraction of sp³-hybridized carbons (Fsp3) is 0.875. The zero-order valence-electron chi connectivity index (χ0n) is 12.1. The van der Waals surface area contributed by atoms with E-state index in [1.165, 1.54) is 25.7 Å². The van der Waals surface area contributed by atoms with Crippen molar-refractivity contribution in [3.8, 4) is 6.07 Å². The summed E-state index contributed by atoms with van der Waals surface area (Å²) < 4.78 is 5.35. The van der Waals surface area contributed by atoms with E-state index in [0.717, 1.165) is 19.4 Å². The Morgan fingerprint density at radius 3 is 2.60 bits per heavy atom. The fourth-order valence-corrected chi connectivity index (χ4v) is 4.25. The Morgan fingerprint density at radius 2 is 1.85 bits per heavy atom. The first-order chi connectivity index (χ1) is 9.77. The lowest BCUT2D eigenvalue weighted by atomic mass is 9.75. The molecule has 2 atom stereocenters. The summed E-state index contributed by atoms with van der Waals surface area (Å²) in [5.74, 6) is 0.775. The van der Waals surface area contributed by atoms with E-state index in [2.05, 4.69) is 11.0 Å². The number of likely N-dealkylation sites (tertiary alicyclic amines) is 1. The summed E-state index contributed by atoms with van der Waals surface area (Å²) in [6.45, 7) is 1.94. The first-order valence-corrected chi connectivity index (χ1v) is 8.07.